The lowest BCUT2D eigenvalue weighted by molar-refractivity contribution is -0.121. The Balaban J connectivity index is 1.45. The summed E-state index contributed by atoms with van der Waals surface area (Å²) >= 11 is 1.20. The minimum absolute atomic E-state index is 0.0883. The molecule has 0 radical (unpaired) electrons. The highest BCUT2D eigenvalue weighted by molar-refractivity contribution is 7.91. The second-order valence-electron chi connectivity index (χ2n) is 5.91. The molecule has 0 unspecified atom stereocenters. The van der Waals surface area contributed by atoms with Gasteiger partial charge in [0.15, 0.2) is 0 Å². The zero-order valence-electron chi connectivity index (χ0n) is 13.1. The van der Waals surface area contributed by atoms with Crippen molar-refractivity contribution in [2.45, 2.75) is 23.1 Å². The van der Waals surface area contributed by atoms with Gasteiger partial charge in [-0.1, -0.05) is 6.07 Å². The minimum atomic E-state index is -3.44. The van der Waals surface area contributed by atoms with E-state index in [0.29, 0.717) is 30.4 Å². The summed E-state index contributed by atoms with van der Waals surface area (Å²) in [5.41, 5.74) is 0. The first-order chi connectivity index (χ1) is 11.4. The molecule has 3 amide bonds. The van der Waals surface area contributed by atoms with Crippen LogP contribution in [0.4, 0.5) is 4.79 Å². The van der Waals surface area contributed by atoms with Crippen LogP contribution in [-0.4, -0.2) is 68.3 Å². The standard InChI is InChI=1S/C14H20N4O4S2/c19-12(16-14(20)15-11-3-4-11)10-17-5-7-18(8-6-17)24(21,22)13-2-1-9-23-13/h1-2,9,11H,3-8,10H2,(H2,15,16,19,20). The Morgan fingerprint density at radius 1 is 1.21 bits per heavy atom. The number of carbonyl (C=O) groups is 2. The van der Waals surface area contributed by atoms with E-state index in [1.807, 2.05) is 4.90 Å². The molecule has 1 aromatic rings. The molecule has 132 valence electrons. The zero-order valence-corrected chi connectivity index (χ0v) is 14.7. The van der Waals surface area contributed by atoms with E-state index in [4.69, 9.17) is 0 Å². The fourth-order valence-corrected chi connectivity index (χ4v) is 5.05. The van der Waals surface area contributed by atoms with Crippen LogP contribution in [0.3, 0.4) is 0 Å². The van der Waals surface area contributed by atoms with Crippen LogP contribution in [0.25, 0.3) is 0 Å². The van der Waals surface area contributed by atoms with Gasteiger partial charge in [-0.05, 0) is 24.3 Å². The van der Waals surface area contributed by atoms with E-state index in [1.165, 1.54) is 15.6 Å². The molecule has 0 aromatic carbocycles. The van der Waals surface area contributed by atoms with E-state index in [-0.39, 0.29) is 18.5 Å². The van der Waals surface area contributed by atoms with E-state index in [0.717, 1.165) is 12.8 Å². The molecule has 0 bridgehead atoms. The van der Waals surface area contributed by atoms with Crippen molar-refractivity contribution >= 4 is 33.3 Å². The molecule has 10 heteroatoms. The van der Waals surface area contributed by atoms with Gasteiger partial charge in [0.05, 0.1) is 6.54 Å². The summed E-state index contributed by atoms with van der Waals surface area (Å²) in [5.74, 6) is -0.372. The van der Waals surface area contributed by atoms with E-state index in [1.54, 1.807) is 17.5 Å². The number of rotatable bonds is 5. The molecule has 1 saturated carbocycles. The highest BCUT2D eigenvalue weighted by Crippen LogP contribution is 2.22. The average molecular weight is 372 g/mol. The van der Waals surface area contributed by atoms with Crippen molar-refractivity contribution in [3.05, 3.63) is 17.5 Å². The molecule has 2 N–H and O–H groups in total. The van der Waals surface area contributed by atoms with Crippen LogP contribution in [0.1, 0.15) is 12.8 Å². The van der Waals surface area contributed by atoms with Gasteiger partial charge in [0.1, 0.15) is 4.21 Å². The molecule has 24 heavy (non-hydrogen) atoms. The molecule has 2 fully saturated rings. The van der Waals surface area contributed by atoms with Gasteiger partial charge < -0.3 is 5.32 Å². The van der Waals surface area contributed by atoms with Crippen LogP contribution >= 0.6 is 11.3 Å². The number of urea groups is 1. The number of carbonyl (C=O) groups excluding carboxylic acids is 2. The Morgan fingerprint density at radius 2 is 1.92 bits per heavy atom. The van der Waals surface area contributed by atoms with E-state index in [9.17, 15) is 18.0 Å². The van der Waals surface area contributed by atoms with Gasteiger partial charge in [-0.2, -0.15) is 4.31 Å². The fraction of sp³-hybridized carbons (Fsp3) is 0.571. The number of hydrogen-bond acceptors (Lipinski definition) is 6. The lowest BCUT2D eigenvalue weighted by Crippen LogP contribution is -2.52. The normalized spacial score (nSPS) is 19.8. The van der Waals surface area contributed by atoms with Crippen molar-refractivity contribution < 1.29 is 18.0 Å². The van der Waals surface area contributed by atoms with Crippen LogP contribution in [0, 0.1) is 0 Å². The second-order valence-corrected chi connectivity index (χ2v) is 9.02. The van der Waals surface area contributed by atoms with Crippen molar-refractivity contribution in [1.29, 1.82) is 0 Å². The largest absolute Gasteiger partial charge is 0.335 e. The highest BCUT2D eigenvalue weighted by Gasteiger charge is 2.30. The summed E-state index contributed by atoms with van der Waals surface area (Å²) in [5, 5.41) is 6.73. The topological polar surface area (TPSA) is 98.8 Å². The number of sulfonamides is 1. The van der Waals surface area contributed by atoms with Crippen LogP contribution < -0.4 is 10.6 Å². The van der Waals surface area contributed by atoms with E-state index < -0.39 is 16.1 Å². The van der Waals surface area contributed by atoms with E-state index >= 15 is 0 Å². The lowest BCUT2D eigenvalue weighted by atomic mass is 10.3. The number of imide groups is 1. The Hall–Kier alpha value is -1.49. The third-order valence-corrected chi connectivity index (χ3v) is 7.22. The molecule has 1 aliphatic heterocycles. The predicted octanol–water partition coefficient (Wildman–Crippen LogP) is 0.0426. The number of hydrogen-bond donors (Lipinski definition) is 2. The van der Waals surface area contributed by atoms with Crippen molar-refractivity contribution in [2.75, 3.05) is 32.7 Å². The molecular formula is C14H20N4O4S2. The Bertz CT molecular complexity index is 692. The van der Waals surface area contributed by atoms with Crippen LogP contribution in [-0.2, 0) is 14.8 Å². The molecule has 0 atom stereocenters. The van der Waals surface area contributed by atoms with Gasteiger partial charge in [0.2, 0.25) is 5.91 Å². The summed E-state index contributed by atoms with van der Waals surface area (Å²) in [7, 11) is -3.44. The molecule has 8 nitrogen and oxygen atoms in total. The molecule has 3 rings (SSSR count). The number of nitrogens with zero attached hydrogens (tertiary/aromatic N) is 2. The predicted molar refractivity (Wildman–Crippen MR) is 89.2 cm³/mol. The molecule has 2 aliphatic rings. The lowest BCUT2D eigenvalue weighted by Gasteiger charge is -2.33. The van der Waals surface area contributed by atoms with Gasteiger partial charge in [-0.3, -0.25) is 15.0 Å². The van der Waals surface area contributed by atoms with Crippen molar-refractivity contribution in [3.8, 4) is 0 Å². The number of amides is 3. The van der Waals surface area contributed by atoms with Crippen LogP contribution in [0.2, 0.25) is 0 Å². The monoisotopic (exact) mass is 372 g/mol. The van der Waals surface area contributed by atoms with Gasteiger partial charge in [-0.15, -0.1) is 11.3 Å². The van der Waals surface area contributed by atoms with Gasteiger partial charge in [-0.25, -0.2) is 13.2 Å². The number of thiophene rings is 1. The molecule has 1 saturated heterocycles. The average Bonchev–Trinajstić information content (AvgIpc) is 3.16. The maximum atomic E-state index is 12.4. The van der Waals surface area contributed by atoms with Crippen molar-refractivity contribution in [1.82, 2.24) is 19.8 Å². The maximum Gasteiger partial charge on any atom is 0.321 e. The molecular weight excluding hydrogens is 352 g/mol. The third-order valence-electron chi connectivity index (χ3n) is 3.95. The first-order valence-electron chi connectivity index (χ1n) is 7.81. The first kappa shape index (κ1) is 17.3. The molecule has 1 aromatic heterocycles. The quantitative estimate of drug-likeness (QED) is 0.761. The smallest absolute Gasteiger partial charge is 0.321 e. The highest BCUT2D eigenvalue weighted by atomic mass is 32.2. The van der Waals surface area contributed by atoms with Crippen LogP contribution in [0.5, 0.6) is 0 Å². The summed E-state index contributed by atoms with van der Waals surface area (Å²) in [4.78, 5) is 25.2. The fourth-order valence-electron chi connectivity index (χ4n) is 2.48. The van der Waals surface area contributed by atoms with Gasteiger partial charge in [0, 0.05) is 32.2 Å². The summed E-state index contributed by atoms with van der Waals surface area (Å²) in [6.45, 7) is 1.68. The minimum Gasteiger partial charge on any atom is -0.335 e. The molecule has 1 aliphatic carbocycles. The summed E-state index contributed by atoms with van der Waals surface area (Å²) < 4.78 is 26.6. The molecule has 0 spiro atoms. The summed E-state index contributed by atoms with van der Waals surface area (Å²) in [6.07, 6.45) is 1.92. The Morgan fingerprint density at radius 3 is 2.50 bits per heavy atom. The zero-order chi connectivity index (χ0) is 17.2. The first-order valence-corrected chi connectivity index (χ1v) is 10.1. The second kappa shape index (κ2) is 7.18. The van der Waals surface area contributed by atoms with Crippen molar-refractivity contribution in [3.63, 3.8) is 0 Å². The third kappa shape index (κ3) is 4.32. The molecule has 2 heterocycles. The maximum absolute atomic E-state index is 12.4. The van der Waals surface area contributed by atoms with E-state index in [2.05, 4.69) is 10.6 Å². The van der Waals surface area contributed by atoms with Gasteiger partial charge >= 0.3 is 6.03 Å². The van der Waals surface area contributed by atoms with Crippen molar-refractivity contribution in [2.24, 2.45) is 0 Å². The van der Waals surface area contributed by atoms with Crippen LogP contribution in [0.15, 0.2) is 21.7 Å². The Labute approximate surface area is 144 Å². The Kier molecular flexibility index (Phi) is 5.18. The number of nitrogens with one attached hydrogen (secondary N) is 2. The summed E-state index contributed by atoms with van der Waals surface area (Å²) in [6, 6.07) is 3.05. The SMILES string of the molecule is O=C(CN1CCN(S(=O)(=O)c2cccs2)CC1)NC(=O)NC1CC1. The van der Waals surface area contributed by atoms with Gasteiger partial charge in [0.25, 0.3) is 10.0 Å². The number of piperazine rings is 1.